The van der Waals surface area contributed by atoms with E-state index in [4.69, 9.17) is 5.26 Å². The molecule has 1 amide bonds. The highest BCUT2D eigenvalue weighted by Gasteiger charge is 1.98. The smallest absolute Gasteiger partial charge is 0.250 e. The number of amidine groups is 1. The molecule has 0 aliphatic rings. The molecule has 0 rings (SSSR count). The van der Waals surface area contributed by atoms with Gasteiger partial charge in [-0.3, -0.25) is 10.1 Å². The van der Waals surface area contributed by atoms with Crippen LogP contribution >= 0.6 is 0 Å². The van der Waals surface area contributed by atoms with Crippen molar-refractivity contribution in [1.29, 1.82) is 5.26 Å². The molecular weight excluding hydrogens is 146 g/mol. The predicted octanol–water partition coefficient (Wildman–Crippen LogP) is -0.00392. The molecule has 0 aromatic heterocycles. The van der Waals surface area contributed by atoms with Gasteiger partial charge in [0.25, 0.3) is 0 Å². The van der Waals surface area contributed by atoms with Gasteiger partial charge in [0.15, 0.2) is 0 Å². The van der Waals surface area contributed by atoms with E-state index in [0.717, 1.165) is 0 Å². The summed E-state index contributed by atoms with van der Waals surface area (Å²) in [6.45, 7) is 3.38. The van der Waals surface area contributed by atoms with Crippen LogP contribution in [0.15, 0.2) is 5.16 Å². The highest BCUT2D eigenvalue weighted by atomic mass is 16.6. The zero-order chi connectivity index (χ0) is 8.69. The Hall–Kier alpha value is -1.57. The number of carbonyl (C=O) groups excluding carboxylic acids is 1. The minimum absolute atomic E-state index is 0.126. The lowest BCUT2D eigenvalue weighted by atomic mass is 10.6. The number of hydrogen-bond acceptors (Lipinski definition) is 4. The first-order valence-electron chi connectivity index (χ1n) is 3.08. The van der Waals surface area contributed by atoms with Crippen LogP contribution in [-0.4, -0.2) is 18.3 Å². The van der Waals surface area contributed by atoms with Gasteiger partial charge in [0.2, 0.25) is 11.7 Å². The van der Waals surface area contributed by atoms with Crippen LogP contribution in [0.1, 0.15) is 13.8 Å². The number of oxime groups is 1. The summed E-state index contributed by atoms with van der Waals surface area (Å²) in [7, 11) is 0. The van der Waals surface area contributed by atoms with Crippen LogP contribution in [0.5, 0.6) is 0 Å². The zero-order valence-corrected chi connectivity index (χ0v) is 6.42. The van der Waals surface area contributed by atoms with E-state index in [-0.39, 0.29) is 11.7 Å². The third kappa shape index (κ3) is 4.90. The van der Waals surface area contributed by atoms with Gasteiger partial charge >= 0.3 is 0 Å². The van der Waals surface area contributed by atoms with E-state index >= 15 is 0 Å². The Morgan fingerprint density at radius 1 is 1.82 bits per heavy atom. The number of nitrogens with one attached hydrogen (secondary N) is 1. The molecule has 60 valence electrons. The van der Waals surface area contributed by atoms with Gasteiger partial charge in [0.05, 0.1) is 0 Å². The average Bonchev–Trinajstić information content (AvgIpc) is 1.97. The van der Waals surface area contributed by atoms with Crippen molar-refractivity contribution >= 4 is 11.7 Å². The second-order valence-corrected chi connectivity index (χ2v) is 1.65. The molecule has 0 unspecified atom stereocenters. The molecule has 5 nitrogen and oxygen atoms in total. The third-order valence-corrected chi connectivity index (χ3v) is 0.685. The van der Waals surface area contributed by atoms with Crippen LogP contribution in [0, 0.1) is 11.3 Å². The lowest BCUT2D eigenvalue weighted by molar-refractivity contribution is -0.117. The highest BCUT2D eigenvalue weighted by Crippen LogP contribution is 1.76. The van der Waals surface area contributed by atoms with Crippen LogP contribution < -0.4 is 5.32 Å². The quantitative estimate of drug-likeness (QED) is 0.346. The Labute approximate surface area is 64.6 Å². The number of amides is 1. The molecule has 0 heterocycles. The minimum Gasteiger partial charge on any atom is -0.394 e. The Bertz CT molecular complexity index is 204. The lowest BCUT2D eigenvalue weighted by Gasteiger charge is -1.96. The molecule has 0 aliphatic carbocycles. The second kappa shape index (κ2) is 5.23. The molecule has 0 aromatic carbocycles. The Kier molecular flexibility index (Phi) is 4.49. The topological polar surface area (TPSA) is 74.5 Å². The van der Waals surface area contributed by atoms with Crippen molar-refractivity contribution in [1.82, 2.24) is 5.32 Å². The van der Waals surface area contributed by atoms with Crippen LogP contribution in [0.3, 0.4) is 0 Å². The van der Waals surface area contributed by atoms with Gasteiger partial charge in [-0.15, -0.1) is 0 Å². The molecule has 0 spiro atoms. The van der Waals surface area contributed by atoms with E-state index in [9.17, 15) is 4.79 Å². The summed E-state index contributed by atoms with van der Waals surface area (Å²) in [5, 5.41) is 13.8. The molecule has 0 saturated heterocycles. The zero-order valence-electron chi connectivity index (χ0n) is 6.42. The van der Waals surface area contributed by atoms with Crippen LogP contribution in [0.25, 0.3) is 0 Å². The number of nitriles is 1. The minimum atomic E-state index is -0.343. The first-order chi connectivity index (χ1) is 5.20. The normalized spacial score (nSPS) is 10.1. The molecule has 0 fully saturated rings. The van der Waals surface area contributed by atoms with Gasteiger partial charge in [-0.05, 0) is 6.92 Å². The Morgan fingerprint density at radius 3 is 2.82 bits per heavy atom. The molecule has 0 aromatic rings. The largest absolute Gasteiger partial charge is 0.394 e. The molecule has 0 radical (unpaired) electrons. The van der Waals surface area contributed by atoms with Gasteiger partial charge in [-0.2, -0.15) is 5.26 Å². The maximum absolute atomic E-state index is 10.4. The lowest BCUT2D eigenvalue weighted by Crippen LogP contribution is -2.26. The van der Waals surface area contributed by atoms with Crippen molar-refractivity contribution in [3.8, 4) is 6.07 Å². The Balaban J connectivity index is 3.97. The number of nitrogens with zero attached hydrogens (tertiary/aromatic N) is 2. The summed E-state index contributed by atoms with van der Waals surface area (Å²) >= 11 is 0. The van der Waals surface area contributed by atoms with Gasteiger partial charge < -0.3 is 4.84 Å². The van der Waals surface area contributed by atoms with Crippen molar-refractivity contribution < 1.29 is 9.63 Å². The van der Waals surface area contributed by atoms with Gasteiger partial charge in [0, 0.05) is 6.92 Å². The molecular formula is C6H9N3O2. The van der Waals surface area contributed by atoms with Gasteiger partial charge in [-0.25, -0.2) is 0 Å². The third-order valence-electron chi connectivity index (χ3n) is 0.685. The fraction of sp³-hybridized carbons (Fsp3) is 0.500. The number of hydrogen-bond donors (Lipinski definition) is 1. The Morgan fingerprint density at radius 2 is 2.45 bits per heavy atom. The van der Waals surface area contributed by atoms with E-state index in [1.807, 2.05) is 0 Å². The molecule has 1 N–H and O–H groups in total. The van der Waals surface area contributed by atoms with Gasteiger partial charge in [0.1, 0.15) is 12.7 Å². The molecule has 0 saturated carbocycles. The monoisotopic (exact) mass is 155 g/mol. The summed E-state index contributed by atoms with van der Waals surface area (Å²) in [5.74, 6) is -0.468. The molecule has 0 bridgehead atoms. The van der Waals surface area contributed by atoms with Gasteiger partial charge in [-0.1, -0.05) is 5.16 Å². The summed E-state index contributed by atoms with van der Waals surface area (Å²) < 4.78 is 0. The molecule has 5 heteroatoms. The summed E-state index contributed by atoms with van der Waals surface area (Å²) in [6.07, 6.45) is 0. The molecule has 0 atom stereocenters. The van der Waals surface area contributed by atoms with E-state index < -0.39 is 0 Å². The average molecular weight is 155 g/mol. The van der Waals surface area contributed by atoms with Crippen molar-refractivity contribution in [2.24, 2.45) is 5.16 Å². The second-order valence-electron chi connectivity index (χ2n) is 1.65. The fourth-order valence-electron chi connectivity index (χ4n) is 0.367. The predicted molar refractivity (Wildman–Crippen MR) is 38.5 cm³/mol. The summed E-state index contributed by atoms with van der Waals surface area (Å²) in [4.78, 5) is 14.9. The van der Waals surface area contributed by atoms with E-state index in [0.29, 0.717) is 6.61 Å². The summed E-state index contributed by atoms with van der Waals surface area (Å²) in [6, 6.07) is 1.66. The van der Waals surface area contributed by atoms with Crippen molar-refractivity contribution in [3.05, 3.63) is 0 Å². The van der Waals surface area contributed by atoms with E-state index in [1.165, 1.54) is 6.92 Å². The first kappa shape index (κ1) is 9.43. The molecule has 0 aliphatic heterocycles. The highest BCUT2D eigenvalue weighted by molar-refractivity contribution is 6.05. The summed E-state index contributed by atoms with van der Waals surface area (Å²) in [5.41, 5.74) is 0. The number of carbonyl (C=O) groups is 1. The molecule has 11 heavy (non-hydrogen) atoms. The fourth-order valence-corrected chi connectivity index (χ4v) is 0.367. The number of rotatable bonds is 2. The van der Waals surface area contributed by atoms with Crippen LogP contribution in [0.4, 0.5) is 0 Å². The van der Waals surface area contributed by atoms with Crippen LogP contribution in [0.2, 0.25) is 0 Å². The van der Waals surface area contributed by atoms with Crippen molar-refractivity contribution in [2.45, 2.75) is 13.8 Å². The van der Waals surface area contributed by atoms with E-state index in [1.54, 1.807) is 13.0 Å². The van der Waals surface area contributed by atoms with Crippen LogP contribution in [-0.2, 0) is 9.63 Å². The SMILES string of the molecule is CCO/N=C(/C#N)NC(C)=O. The van der Waals surface area contributed by atoms with Crippen molar-refractivity contribution in [3.63, 3.8) is 0 Å². The van der Waals surface area contributed by atoms with E-state index in [2.05, 4.69) is 15.3 Å². The standard InChI is InChI=1S/C6H9N3O2/c1-3-11-9-6(4-7)8-5(2)10/h3H2,1-2H3,(H,8,9,10). The maximum Gasteiger partial charge on any atom is 0.250 e. The first-order valence-corrected chi connectivity index (χ1v) is 3.08. The van der Waals surface area contributed by atoms with Crippen molar-refractivity contribution in [2.75, 3.05) is 6.61 Å². The maximum atomic E-state index is 10.4.